The molecular weight excluding hydrogens is 146 g/mol. The quantitative estimate of drug-likeness (QED) is 0.568. The second kappa shape index (κ2) is 4.46. The van der Waals surface area contributed by atoms with Crippen LogP contribution in [-0.4, -0.2) is 24.5 Å². The van der Waals surface area contributed by atoms with Crippen molar-refractivity contribution in [3.8, 4) is 0 Å². The highest BCUT2D eigenvalue weighted by molar-refractivity contribution is 5.05. The van der Waals surface area contributed by atoms with E-state index in [1.165, 1.54) is 18.5 Å². The van der Waals surface area contributed by atoms with E-state index >= 15 is 0 Å². The highest BCUT2D eigenvalue weighted by Gasteiger charge is 2.06. The number of hydrogen-bond acceptors (Lipinski definition) is 1. The number of nitrogens with zero attached hydrogens (tertiary/aromatic N) is 1. The molecule has 0 amide bonds. The van der Waals surface area contributed by atoms with Gasteiger partial charge in [0.05, 0.1) is 0 Å². The first-order valence-electron chi connectivity index (χ1n) is 4.70. The molecule has 0 aromatic carbocycles. The molecule has 1 rings (SSSR count). The van der Waals surface area contributed by atoms with Gasteiger partial charge in [0, 0.05) is 19.6 Å². The maximum Gasteiger partial charge on any atom is 0.0169 e. The largest absolute Gasteiger partial charge is 0.296 e. The van der Waals surface area contributed by atoms with Gasteiger partial charge >= 0.3 is 0 Å². The van der Waals surface area contributed by atoms with Gasteiger partial charge < -0.3 is 0 Å². The van der Waals surface area contributed by atoms with Crippen LogP contribution in [0.4, 0.5) is 0 Å². The summed E-state index contributed by atoms with van der Waals surface area (Å²) >= 11 is 0. The molecule has 1 heterocycles. The Morgan fingerprint density at radius 1 is 1.58 bits per heavy atom. The topological polar surface area (TPSA) is 3.24 Å². The Hall–Kier alpha value is -0.560. The van der Waals surface area contributed by atoms with Crippen LogP contribution in [0.1, 0.15) is 27.2 Å². The van der Waals surface area contributed by atoms with Gasteiger partial charge in [0.2, 0.25) is 0 Å². The van der Waals surface area contributed by atoms with Gasteiger partial charge in [-0.25, -0.2) is 0 Å². The van der Waals surface area contributed by atoms with Gasteiger partial charge in [-0.2, -0.15) is 0 Å². The minimum atomic E-state index is 1.12. The van der Waals surface area contributed by atoms with Crippen molar-refractivity contribution in [1.29, 1.82) is 0 Å². The van der Waals surface area contributed by atoms with Crippen molar-refractivity contribution in [2.45, 2.75) is 27.2 Å². The molecule has 1 heteroatoms. The van der Waals surface area contributed by atoms with Crippen molar-refractivity contribution in [2.75, 3.05) is 19.6 Å². The third kappa shape index (κ3) is 3.22. The molecular formula is C11H19N. The van der Waals surface area contributed by atoms with E-state index < -0.39 is 0 Å². The molecule has 0 aromatic rings. The van der Waals surface area contributed by atoms with Crippen LogP contribution in [0, 0.1) is 0 Å². The summed E-state index contributed by atoms with van der Waals surface area (Å²) in [6, 6.07) is 0. The van der Waals surface area contributed by atoms with Gasteiger partial charge in [0.1, 0.15) is 0 Å². The molecule has 0 unspecified atom stereocenters. The molecule has 0 aromatic heterocycles. The van der Waals surface area contributed by atoms with Crippen molar-refractivity contribution >= 4 is 0 Å². The van der Waals surface area contributed by atoms with Gasteiger partial charge in [-0.3, -0.25) is 4.90 Å². The Labute approximate surface area is 75.8 Å². The standard InChI is InChI=1S/C11H19N/c1-10(2)4-7-12-8-5-11(3)6-9-12/h4-5H,6-9H2,1-3H3. The lowest BCUT2D eigenvalue weighted by Crippen LogP contribution is -2.28. The van der Waals surface area contributed by atoms with E-state index in [-0.39, 0.29) is 0 Å². The average Bonchev–Trinajstić information content (AvgIpc) is 2.03. The summed E-state index contributed by atoms with van der Waals surface area (Å²) in [6.45, 7) is 10.0. The maximum atomic E-state index is 2.47. The van der Waals surface area contributed by atoms with Crippen molar-refractivity contribution in [2.24, 2.45) is 0 Å². The molecule has 0 aliphatic carbocycles. The van der Waals surface area contributed by atoms with Crippen LogP contribution >= 0.6 is 0 Å². The van der Waals surface area contributed by atoms with E-state index in [1.807, 2.05) is 0 Å². The van der Waals surface area contributed by atoms with E-state index in [2.05, 4.69) is 37.8 Å². The SMILES string of the molecule is CC(C)=CCN1CC=C(C)CC1. The van der Waals surface area contributed by atoms with Crippen LogP contribution in [-0.2, 0) is 0 Å². The molecule has 0 atom stereocenters. The Morgan fingerprint density at radius 2 is 2.33 bits per heavy atom. The third-order valence-electron chi connectivity index (χ3n) is 2.28. The Balaban J connectivity index is 2.32. The lowest BCUT2D eigenvalue weighted by molar-refractivity contribution is 0.325. The van der Waals surface area contributed by atoms with E-state index in [0.717, 1.165) is 13.1 Å². The van der Waals surface area contributed by atoms with Crippen molar-refractivity contribution in [3.05, 3.63) is 23.3 Å². The first kappa shape index (κ1) is 9.53. The number of rotatable bonds is 2. The van der Waals surface area contributed by atoms with Crippen LogP contribution in [0.2, 0.25) is 0 Å². The zero-order chi connectivity index (χ0) is 8.97. The molecule has 68 valence electrons. The second-order valence-electron chi connectivity index (χ2n) is 3.84. The molecule has 0 spiro atoms. The molecule has 1 nitrogen and oxygen atoms in total. The summed E-state index contributed by atoms with van der Waals surface area (Å²) in [5.41, 5.74) is 2.96. The Kier molecular flexibility index (Phi) is 3.54. The van der Waals surface area contributed by atoms with Crippen LogP contribution in [0.5, 0.6) is 0 Å². The molecule has 0 radical (unpaired) electrons. The molecule has 12 heavy (non-hydrogen) atoms. The summed E-state index contributed by atoms with van der Waals surface area (Å²) < 4.78 is 0. The second-order valence-corrected chi connectivity index (χ2v) is 3.84. The van der Waals surface area contributed by atoms with E-state index in [9.17, 15) is 0 Å². The fourth-order valence-corrected chi connectivity index (χ4v) is 1.29. The van der Waals surface area contributed by atoms with E-state index in [1.54, 1.807) is 5.57 Å². The minimum Gasteiger partial charge on any atom is -0.296 e. The number of hydrogen-bond donors (Lipinski definition) is 0. The summed E-state index contributed by atoms with van der Waals surface area (Å²) in [5.74, 6) is 0. The normalized spacial score (nSPS) is 18.8. The van der Waals surface area contributed by atoms with Crippen molar-refractivity contribution < 1.29 is 0 Å². The molecule has 0 saturated carbocycles. The molecule has 0 fully saturated rings. The van der Waals surface area contributed by atoms with Crippen molar-refractivity contribution in [3.63, 3.8) is 0 Å². The fraction of sp³-hybridized carbons (Fsp3) is 0.636. The monoisotopic (exact) mass is 165 g/mol. The number of allylic oxidation sites excluding steroid dienone is 1. The van der Waals surface area contributed by atoms with Crippen LogP contribution in [0.25, 0.3) is 0 Å². The highest BCUT2D eigenvalue weighted by atomic mass is 15.1. The zero-order valence-electron chi connectivity index (χ0n) is 8.43. The van der Waals surface area contributed by atoms with Gasteiger partial charge in [-0.15, -0.1) is 0 Å². The van der Waals surface area contributed by atoms with Gasteiger partial charge in [-0.1, -0.05) is 23.3 Å². The van der Waals surface area contributed by atoms with Crippen LogP contribution in [0.15, 0.2) is 23.3 Å². The van der Waals surface area contributed by atoms with Crippen molar-refractivity contribution in [1.82, 2.24) is 4.90 Å². The highest BCUT2D eigenvalue weighted by Crippen LogP contribution is 2.09. The Morgan fingerprint density at radius 3 is 2.83 bits per heavy atom. The summed E-state index contributed by atoms with van der Waals surface area (Å²) in [4.78, 5) is 2.47. The molecule has 0 N–H and O–H groups in total. The molecule has 1 aliphatic heterocycles. The summed E-state index contributed by atoms with van der Waals surface area (Å²) in [5, 5.41) is 0. The van der Waals surface area contributed by atoms with Gasteiger partial charge in [0.25, 0.3) is 0 Å². The fourth-order valence-electron chi connectivity index (χ4n) is 1.29. The van der Waals surface area contributed by atoms with Gasteiger partial charge in [0.15, 0.2) is 0 Å². The first-order valence-corrected chi connectivity index (χ1v) is 4.70. The smallest absolute Gasteiger partial charge is 0.0169 e. The van der Waals surface area contributed by atoms with E-state index in [4.69, 9.17) is 0 Å². The first-order chi connectivity index (χ1) is 5.68. The third-order valence-corrected chi connectivity index (χ3v) is 2.28. The molecule has 0 bridgehead atoms. The van der Waals surface area contributed by atoms with E-state index in [0.29, 0.717) is 0 Å². The predicted molar refractivity (Wildman–Crippen MR) is 54.2 cm³/mol. The van der Waals surface area contributed by atoms with Crippen LogP contribution in [0.3, 0.4) is 0 Å². The molecule has 1 aliphatic rings. The molecule has 0 saturated heterocycles. The minimum absolute atomic E-state index is 1.12. The predicted octanol–water partition coefficient (Wildman–Crippen LogP) is 2.60. The average molecular weight is 165 g/mol. The lowest BCUT2D eigenvalue weighted by Gasteiger charge is -2.23. The van der Waals surface area contributed by atoms with Crippen LogP contribution < -0.4 is 0 Å². The zero-order valence-corrected chi connectivity index (χ0v) is 8.43. The maximum absolute atomic E-state index is 2.47. The Bertz CT molecular complexity index is 197. The van der Waals surface area contributed by atoms with Gasteiger partial charge in [-0.05, 0) is 27.2 Å². The summed E-state index contributed by atoms with van der Waals surface area (Å²) in [7, 11) is 0. The lowest BCUT2D eigenvalue weighted by atomic mass is 10.1. The summed E-state index contributed by atoms with van der Waals surface area (Å²) in [6.07, 6.45) is 5.88.